The van der Waals surface area contributed by atoms with Crippen LogP contribution < -0.4 is 5.73 Å². The first kappa shape index (κ1) is 12.6. The fraction of sp³-hybridized carbons (Fsp3) is 0.769. The van der Waals surface area contributed by atoms with Gasteiger partial charge in [0.25, 0.3) is 0 Å². The molecule has 0 bridgehead atoms. The second kappa shape index (κ2) is 4.78. The van der Waals surface area contributed by atoms with Crippen molar-refractivity contribution in [1.29, 1.82) is 0 Å². The average molecular weight is 237 g/mol. The topological polar surface area (TPSA) is 64.1 Å². The molecule has 17 heavy (non-hydrogen) atoms. The number of nitrogens with two attached hydrogens (primary N) is 1. The van der Waals surface area contributed by atoms with E-state index >= 15 is 0 Å². The Morgan fingerprint density at radius 2 is 2.24 bits per heavy atom. The minimum Gasteiger partial charge on any atom is -0.386 e. The van der Waals surface area contributed by atoms with E-state index in [2.05, 4.69) is 11.9 Å². The number of nitrogens with zero attached hydrogens (tertiary/aromatic N) is 2. The lowest BCUT2D eigenvalue weighted by atomic mass is 9.67. The second-order valence-corrected chi connectivity index (χ2v) is 5.58. The Bertz CT molecular complexity index is 366. The number of hydrogen-bond donors (Lipinski definition) is 2. The zero-order chi connectivity index (χ0) is 12.5. The van der Waals surface area contributed by atoms with Crippen molar-refractivity contribution in [3.63, 3.8) is 0 Å². The second-order valence-electron chi connectivity index (χ2n) is 5.58. The molecule has 0 saturated heterocycles. The average Bonchev–Trinajstić information content (AvgIpc) is 2.76. The van der Waals surface area contributed by atoms with Crippen LogP contribution in [-0.2, 0) is 7.05 Å². The molecule has 1 aromatic heterocycles. The van der Waals surface area contributed by atoms with Gasteiger partial charge in [-0.05, 0) is 18.8 Å². The van der Waals surface area contributed by atoms with Crippen molar-refractivity contribution in [3.05, 3.63) is 18.2 Å². The summed E-state index contributed by atoms with van der Waals surface area (Å²) in [4.78, 5) is 4.08. The molecule has 0 aliphatic heterocycles. The summed E-state index contributed by atoms with van der Waals surface area (Å²) < 4.78 is 1.89. The van der Waals surface area contributed by atoms with Crippen molar-refractivity contribution in [3.8, 4) is 0 Å². The lowest BCUT2D eigenvalue weighted by Crippen LogP contribution is -2.40. The van der Waals surface area contributed by atoms with E-state index in [-0.39, 0.29) is 5.41 Å². The molecule has 0 aromatic carbocycles. The predicted molar refractivity (Wildman–Crippen MR) is 67.3 cm³/mol. The molecule has 96 valence electrons. The van der Waals surface area contributed by atoms with Crippen LogP contribution in [0, 0.1) is 11.3 Å². The van der Waals surface area contributed by atoms with Gasteiger partial charge in [-0.3, -0.25) is 0 Å². The number of rotatable bonds is 3. The summed E-state index contributed by atoms with van der Waals surface area (Å²) in [7, 11) is 1.92. The Labute approximate surface area is 103 Å². The van der Waals surface area contributed by atoms with Crippen LogP contribution in [0.25, 0.3) is 0 Å². The molecule has 1 aliphatic rings. The van der Waals surface area contributed by atoms with Crippen molar-refractivity contribution in [1.82, 2.24) is 9.55 Å². The lowest BCUT2D eigenvalue weighted by molar-refractivity contribution is -0.0125. The lowest BCUT2D eigenvalue weighted by Gasteiger charge is -2.42. The fourth-order valence-corrected chi connectivity index (χ4v) is 2.87. The van der Waals surface area contributed by atoms with Crippen LogP contribution in [0.4, 0.5) is 0 Å². The number of hydrogen-bond acceptors (Lipinski definition) is 3. The molecule has 1 saturated carbocycles. The maximum atomic E-state index is 10.6. The van der Waals surface area contributed by atoms with E-state index in [9.17, 15) is 5.11 Å². The highest BCUT2D eigenvalue weighted by atomic mass is 16.3. The van der Waals surface area contributed by atoms with Gasteiger partial charge in [-0.1, -0.05) is 19.8 Å². The quantitative estimate of drug-likeness (QED) is 0.839. The molecule has 0 amide bonds. The van der Waals surface area contributed by atoms with Gasteiger partial charge in [0, 0.05) is 19.0 Å². The van der Waals surface area contributed by atoms with E-state index in [0.717, 1.165) is 37.3 Å². The fourth-order valence-electron chi connectivity index (χ4n) is 2.87. The summed E-state index contributed by atoms with van der Waals surface area (Å²) in [6, 6.07) is 0. The van der Waals surface area contributed by atoms with Crippen molar-refractivity contribution >= 4 is 0 Å². The van der Waals surface area contributed by atoms with E-state index in [4.69, 9.17) is 5.73 Å². The van der Waals surface area contributed by atoms with Gasteiger partial charge in [0.1, 0.15) is 6.10 Å². The summed E-state index contributed by atoms with van der Waals surface area (Å²) in [6.45, 7) is 2.82. The predicted octanol–water partition coefficient (Wildman–Crippen LogP) is 1.61. The van der Waals surface area contributed by atoms with Gasteiger partial charge in [-0.25, -0.2) is 4.98 Å². The summed E-state index contributed by atoms with van der Waals surface area (Å²) in [5.74, 6) is 0.758. The summed E-state index contributed by atoms with van der Waals surface area (Å²) >= 11 is 0. The number of aliphatic hydroxyl groups excluding tert-OH is 1. The zero-order valence-electron chi connectivity index (χ0n) is 10.8. The molecular weight excluding hydrogens is 214 g/mol. The van der Waals surface area contributed by atoms with E-state index in [1.807, 2.05) is 11.6 Å². The maximum Gasteiger partial charge on any atom is 0.102 e. The molecule has 1 heterocycles. The van der Waals surface area contributed by atoms with Gasteiger partial charge >= 0.3 is 0 Å². The number of imidazole rings is 1. The van der Waals surface area contributed by atoms with Gasteiger partial charge in [0.2, 0.25) is 0 Å². The molecule has 0 spiro atoms. The van der Waals surface area contributed by atoms with Crippen molar-refractivity contribution < 1.29 is 5.11 Å². The molecule has 1 fully saturated rings. The highest BCUT2D eigenvalue weighted by Crippen LogP contribution is 2.46. The molecule has 4 nitrogen and oxygen atoms in total. The highest BCUT2D eigenvalue weighted by Gasteiger charge is 2.41. The van der Waals surface area contributed by atoms with Crippen molar-refractivity contribution in [2.45, 2.75) is 38.7 Å². The highest BCUT2D eigenvalue weighted by molar-refractivity contribution is 5.09. The van der Waals surface area contributed by atoms with E-state index < -0.39 is 6.10 Å². The standard InChI is InChI=1S/C13H23N3O/c1-10-3-5-13(8-14,6-4-10)12(17)11-7-15-9-16(11)2/h7,9-10,12,17H,3-6,8,14H2,1-2H3. The SMILES string of the molecule is CC1CCC(CN)(C(O)c2cncn2C)CC1. The van der Waals surface area contributed by atoms with Gasteiger partial charge in [-0.2, -0.15) is 0 Å². The molecule has 2 rings (SSSR count). The molecule has 4 heteroatoms. The third-order valence-corrected chi connectivity index (χ3v) is 4.39. The summed E-state index contributed by atoms with van der Waals surface area (Å²) in [5, 5.41) is 10.6. The van der Waals surface area contributed by atoms with E-state index in [1.54, 1.807) is 12.5 Å². The molecule has 0 radical (unpaired) electrons. The van der Waals surface area contributed by atoms with Gasteiger partial charge in [0.05, 0.1) is 18.2 Å². The molecule has 1 aromatic rings. The van der Waals surface area contributed by atoms with Crippen LogP contribution in [-0.4, -0.2) is 21.2 Å². The first-order valence-electron chi connectivity index (χ1n) is 6.43. The monoisotopic (exact) mass is 237 g/mol. The Balaban J connectivity index is 2.21. The first-order chi connectivity index (χ1) is 8.09. The normalized spacial score (nSPS) is 31.4. The first-order valence-corrected chi connectivity index (χ1v) is 6.43. The van der Waals surface area contributed by atoms with Crippen molar-refractivity contribution in [2.24, 2.45) is 24.1 Å². The maximum absolute atomic E-state index is 10.6. The Morgan fingerprint density at radius 1 is 1.59 bits per heavy atom. The van der Waals surface area contributed by atoms with E-state index in [1.165, 1.54) is 0 Å². The van der Waals surface area contributed by atoms with Crippen LogP contribution in [0.15, 0.2) is 12.5 Å². The summed E-state index contributed by atoms with van der Waals surface area (Å²) in [6.07, 6.45) is 7.33. The third-order valence-electron chi connectivity index (χ3n) is 4.39. The van der Waals surface area contributed by atoms with Crippen LogP contribution >= 0.6 is 0 Å². The summed E-state index contributed by atoms with van der Waals surface area (Å²) in [5.41, 5.74) is 6.68. The van der Waals surface area contributed by atoms with Gasteiger partial charge < -0.3 is 15.4 Å². The van der Waals surface area contributed by atoms with Crippen LogP contribution in [0.5, 0.6) is 0 Å². The number of aromatic nitrogens is 2. The smallest absolute Gasteiger partial charge is 0.102 e. The Kier molecular flexibility index (Phi) is 3.54. The van der Waals surface area contributed by atoms with Gasteiger partial charge in [-0.15, -0.1) is 0 Å². The van der Waals surface area contributed by atoms with E-state index in [0.29, 0.717) is 6.54 Å². The Hall–Kier alpha value is -0.870. The molecule has 1 unspecified atom stereocenters. The van der Waals surface area contributed by atoms with Crippen LogP contribution in [0.3, 0.4) is 0 Å². The van der Waals surface area contributed by atoms with Crippen LogP contribution in [0.1, 0.15) is 44.4 Å². The number of aliphatic hydroxyl groups is 1. The molecule has 1 aliphatic carbocycles. The zero-order valence-corrected chi connectivity index (χ0v) is 10.8. The van der Waals surface area contributed by atoms with Gasteiger partial charge in [0.15, 0.2) is 0 Å². The molecular formula is C13H23N3O. The third kappa shape index (κ3) is 2.24. The Morgan fingerprint density at radius 3 is 2.71 bits per heavy atom. The van der Waals surface area contributed by atoms with Crippen molar-refractivity contribution in [2.75, 3.05) is 6.54 Å². The minimum absolute atomic E-state index is 0.152. The minimum atomic E-state index is -0.493. The number of aryl methyl sites for hydroxylation is 1. The van der Waals surface area contributed by atoms with Crippen LogP contribution in [0.2, 0.25) is 0 Å². The largest absolute Gasteiger partial charge is 0.386 e. The molecule has 3 N–H and O–H groups in total. The molecule has 1 atom stereocenters.